The molecule has 2 rings (SSSR count). The smallest absolute Gasteiger partial charge is 0.326 e. The van der Waals surface area contributed by atoms with Gasteiger partial charge in [0.1, 0.15) is 16.5 Å². The Kier molecular flexibility index (Phi) is 3.76. The highest BCUT2D eigenvalue weighted by Crippen LogP contribution is 2.32. The summed E-state index contributed by atoms with van der Waals surface area (Å²) in [5, 5.41) is 6.92. The number of aromatic nitrogens is 4. The monoisotopic (exact) mass is 289 g/mol. The van der Waals surface area contributed by atoms with Gasteiger partial charge >= 0.3 is 6.18 Å². The maximum atomic E-state index is 12.6. The average molecular weight is 289 g/mol. The Morgan fingerprint density at radius 2 is 2.05 bits per heavy atom. The van der Waals surface area contributed by atoms with E-state index in [1.165, 1.54) is 6.07 Å². The first-order valence-electron chi connectivity index (χ1n) is 5.24. The van der Waals surface area contributed by atoms with Crippen molar-refractivity contribution in [3.8, 4) is 0 Å². The van der Waals surface area contributed by atoms with E-state index in [4.69, 9.17) is 5.73 Å². The zero-order valence-corrected chi connectivity index (χ0v) is 10.6. The Balaban J connectivity index is 2.36. The maximum Gasteiger partial charge on any atom is 0.433 e. The predicted molar refractivity (Wildman–Crippen MR) is 62.4 cm³/mol. The van der Waals surface area contributed by atoms with Crippen LogP contribution in [0.15, 0.2) is 22.3 Å². The molecule has 0 aliphatic carbocycles. The average Bonchev–Trinajstić information content (AvgIpc) is 2.73. The quantitative estimate of drug-likeness (QED) is 0.904. The Morgan fingerprint density at radius 1 is 1.32 bits per heavy atom. The van der Waals surface area contributed by atoms with Crippen molar-refractivity contribution in [1.29, 1.82) is 0 Å². The fraction of sp³-hybridized carbons (Fsp3) is 0.300. The van der Waals surface area contributed by atoms with Crippen LogP contribution in [0.4, 0.5) is 13.2 Å². The minimum atomic E-state index is -4.49. The number of hydrogen-bond acceptors (Lipinski definition) is 5. The molecule has 0 saturated carbocycles. The van der Waals surface area contributed by atoms with E-state index in [0.29, 0.717) is 16.5 Å². The van der Waals surface area contributed by atoms with Gasteiger partial charge in [0, 0.05) is 6.54 Å². The van der Waals surface area contributed by atoms with Crippen molar-refractivity contribution in [3.63, 3.8) is 0 Å². The highest BCUT2D eigenvalue weighted by molar-refractivity contribution is 7.99. The molecule has 0 aromatic carbocycles. The fourth-order valence-corrected chi connectivity index (χ4v) is 2.20. The standard InChI is InChI=1S/C10H10F3N5S/c1-5-15-9(18-17-5)19-8-6(4-14)2-3-7(16-8)10(11,12)13/h2-3H,4,14H2,1H3,(H,15,17,18). The number of pyridine rings is 1. The summed E-state index contributed by atoms with van der Waals surface area (Å²) >= 11 is 0.945. The SMILES string of the molecule is Cc1nc(Sc2nc(C(F)(F)F)ccc2CN)n[nH]1. The van der Waals surface area contributed by atoms with E-state index in [0.717, 1.165) is 17.8 Å². The van der Waals surface area contributed by atoms with Crippen LogP contribution < -0.4 is 5.73 Å². The number of nitrogens with one attached hydrogen (secondary N) is 1. The lowest BCUT2D eigenvalue weighted by Crippen LogP contribution is -2.10. The van der Waals surface area contributed by atoms with Gasteiger partial charge in [-0.05, 0) is 30.3 Å². The molecular formula is C10H10F3N5S. The zero-order chi connectivity index (χ0) is 14.0. The van der Waals surface area contributed by atoms with Crippen molar-refractivity contribution in [2.45, 2.75) is 29.8 Å². The molecule has 0 unspecified atom stereocenters. The number of H-pyrrole nitrogens is 1. The second-order valence-electron chi connectivity index (χ2n) is 3.67. The van der Waals surface area contributed by atoms with Crippen molar-refractivity contribution >= 4 is 11.8 Å². The number of nitrogens with zero attached hydrogens (tertiary/aromatic N) is 3. The lowest BCUT2D eigenvalue weighted by molar-refractivity contribution is -0.141. The molecule has 0 bridgehead atoms. The van der Waals surface area contributed by atoms with Gasteiger partial charge in [-0.2, -0.15) is 13.2 Å². The van der Waals surface area contributed by atoms with Gasteiger partial charge in [0.2, 0.25) is 5.16 Å². The van der Waals surface area contributed by atoms with Crippen LogP contribution in [0.25, 0.3) is 0 Å². The van der Waals surface area contributed by atoms with Crippen LogP contribution in [0, 0.1) is 6.92 Å². The third kappa shape index (κ3) is 3.24. The minimum Gasteiger partial charge on any atom is -0.326 e. The normalized spacial score (nSPS) is 11.8. The van der Waals surface area contributed by atoms with Gasteiger partial charge in [0.15, 0.2) is 0 Å². The maximum absolute atomic E-state index is 12.6. The first kappa shape index (κ1) is 13.8. The van der Waals surface area contributed by atoms with Crippen LogP contribution in [0.1, 0.15) is 17.1 Å². The van der Waals surface area contributed by atoms with Crippen LogP contribution in [-0.2, 0) is 12.7 Å². The van der Waals surface area contributed by atoms with Crippen molar-refractivity contribution < 1.29 is 13.2 Å². The predicted octanol–water partition coefficient (Wildman–Crippen LogP) is 2.14. The Morgan fingerprint density at radius 3 is 2.58 bits per heavy atom. The molecule has 19 heavy (non-hydrogen) atoms. The summed E-state index contributed by atoms with van der Waals surface area (Å²) in [7, 11) is 0. The van der Waals surface area contributed by atoms with Crippen molar-refractivity contribution in [1.82, 2.24) is 20.2 Å². The Labute approximate surface area is 110 Å². The summed E-state index contributed by atoms with van der Waals surface area (Å²) in [4.78, 5) is 7.59. The van der Waals surface area contributed by atoms with E-state index in [1.807, 2.05) is 0 Å². The van der Waals surface area contributed by atoms with Crippen molar-refractivity contribution in [2.75, 3.05) is 0 Å². The van der Waals surface area contributed by atoms with E-state index in [-0.39, 0.29) is 11.6 Å². The molecule has 9 heteroatoms. The molecule has 2 heterocycles. The van der Waals surface area contributed by atoms with Gasteiger partial charge in [-0.15, -0.1) is 5.10 Å². The molecule has 3 N–H and O–H groups in total. The molecule has 0 fully saturated rings. The minimum absolute atomic E-state index is 0.0941. The number of halogens is 3. The lowest BCUT2D eigenvalue weighted by atomic mass is 10.2. The molecule has 102 valence electrons. The van der Waals surface area contributed by atoms with Crippen LogP contribution in [0.5, 0.6) is 0 Å². The Hall–Kier alpha value is -1.61. The number of aryl methyl sites for hydroxylation is 1. The summed E-state index contributed by atoms with van der Waals surface area (Å²) in [6.45, 7) is 1.79. The van der Waals surface area contributed by atoms with E-state index in [9.17, 15) is 13.2 Å². The molecule has 0 aliphatic rings. The second kappa shape index (κ2) is 5.17. The van der Waals surface area contributed by atoms with Crippen LogP contribution in [-0.4, -0.2) is 20.2 Å². The second-order valence-corrected chi connectivity index (χ2v) is 4.62. The molecule has 5 nitrogen and oxygen atoms in total. The van der Waals surface area contributed by atoms with Crippen LogP contribution in [0.2, 0.25) is 0 Å². The van der Waals surface area contributed by atoms with Gasteiger partial charge in [0.25, 0.3) is 0 Å². The molecule has 0 saturated heterocycles. The van der Waals surface area contributed by atoms with Crippen molar-refractivity contribution in [3.05, 3.63) is 29.2 Å². The van der Waals surface area contributed by atoms with Gasteiger partial charge in [-0.25, -0.2) is 9.97 Å². The fourth-order valence-electron chi connectivity index (χ4n) is 1.33. The largest absolute Gasteiger partial charge is 0.433 e. The van der Waals surface area contributed by atoms with Gasteiger partial charge < -0.3 is 5.73 Å². The molecule has 0 spiro atoms. The summed E-state index contributed by atoms with van der Waals surface area (Å²) in [5.41, 5.74) is 5.04. The zero-order valence-electron chi connectivity index (χ0n) is 9.82. The van der Waals surface area contributed by atoms with E-state index < -0.39 is 11.9 Å². The number of alkyl halides is 3. The lowest BCUT2D eigenvalue weighted by Gasteiger charge is -2.09. The molecule has 0 radical (unpaired) electrons. The molecule has 2 aromatic rings. The number of hydrogen-bond donors (Lipinski definition) is 2. The third-order valence-corrected chi connectivity index (χ3v) is 3.13. The van der Waals surface area contributed by atoms with E-state index in [2.05, 4.69) is 20.2 Å². The number of nitrogens with two attached hydrogens (primary N) is 1. The first-order valence-corrected chi connectivity index (χ1v) is 6.06. The van der Waals surface area contributed by atoms with Crippen LogP contribution in [0.3, 0.4) is 0 Å². The molecule has 0 atom stereocenters. The summed E-state index contributed by atoms with van der Waals surface area (Å²) in [6.07, 6.45) is -4.49. The Bertz CT molecular complexity index is 581. The molecular weight excluding hydrogens is 279 g/mol. The topological polar surface area (TPSA) is 80.5 Å². The van der Waals surface area contributed by atoms with Gasteiger partial charge in [-0.3, -0.25) is 5.10 Å². The summed E-state index contributed by atoms with van der Waals surface area (Å²) < 4.78 is 37.8. The number of aromatic amines is 1. The van der Waals surface area contributed by atoms with Crippen LogP contribution >= 0.6 is 11.8 Å². The summed E-state index contributed by atoms with van der Waals surface area (Å²) in [6, 6.07) is 2.23. The van der Waals surface area contributed by atoms with Gasteiger partial charge in [-0.1, -0.05) is 6.07 Å². The van der Waals surface area contributed by atoms with E-state index in [1.54, 1.807) is 6.92 Å². The summed E-state index contributed by atoms with van der Waals surface area (Å²) in [5.74, 6) is 0.573. The van der Waals surface area contributed by atoms with E-state index >= 15 is 0 Å². The molecule has 2 aromatic heterocycles. The van der Waals surface area contributed by atoms with Gasteiger partial charge in [0.05, 0.1) is 0 Å². The number of rotatable bonds is 3. The highest BCUT2D eigenvalue weighted by atomic mass is 32.2. The third-order valence-electron chi connectivity index (χ3n) is 2.21. The first-order chi connectivity index (χ1) is 8.90. The van der Waals surface area contributed by atoms with Crippen molar-refractivity contribution in [2.24, 2.45) is 5.73 Å². The molecule has 0 aliphatic heterocycles. The highest BCUT2D eigenvalue weighted by Gasteiger charge is 2.33. The molecule has 0 amide bonds.